The summed E-state index contributed by atoms with van der Waals surface area (Å²) in [7, 11) is 0. The lowest BCUT2D eigenvalue weighted by atomic mass is 9.87. The van der Waals surface area contributed by atoms with Gasteiger partial charge in [-0.2, -0.15) is 0 Å². The van der Waals surface area contributed by atoms with Gasteiger partial charge in [0.15, 0.2) is 0 Å². The Hall–Kier alpha value is -1.07. The standard InChI is InChI=1S/C18H35N3O2/c1-3-5-7-14(4-2)13-21-16-9-6-8-15(12-16)17(19)18(23)20-10-11-22/h12,14-15,17,21-22H,3-11,13,19H2,1-2H3,(H,20,23)/t14-,15?,17?/m1/s1. The molecule has 1 aliphatic carbocycles. The zero-order valence-corrected chi connectivity index (χ0v) is 14.8. The molecule has 0 saturated carbocycles. The molecule has 0 aliphatic heterocycles. The molecular formula is C18H35N3O2. The van der Waals surface area contributed by atoms with Gasteiger partial charge in [-0.25, -0.2) is 0 Å². The van der Waals surface area contributed by atoms with Crippen molar-refractivity contribution in [3.05, 3.63) is 11.8 Å². The molecule has 23 heavy (non-hydrogen) atoms. The Morgan fingerprint density at radius 3 is 2.91 bits per heavy atom. The number of unbranched alkanes of at least 4 members (excludes halogenated alkanes) is 1. The van der Waals surface area contributed by atoms with Crippen LogP contribution in [0.5, 0.6) is 0 Å². The van der Waals surface area contributed by atoms with Gasteiger partial charge in [-0.1, -0.05) is 39.2 Å². The van der Waals surface area contributed by atoms with E-state index < -0.39 is 6.04 Å². The summed E-state index contributed by atoms with van der Waals surface area (Å²) in [5, 5.41) is 15.0. The van der Waals surface area contributed by atoms with E-state index in [4.69, 9.17) is 10.8 Å². The minimum atomic E-state index is -0.527. The van der Waals surface area contributed by atoms with Crippen molar-refractivity contribution in [2.45, 2.75) is 64.8 Å². The Kier molecular flexibility index (Phi) is 9.96. The normalized spacial score (nSPS) is 20.5. The number of rotatable bonds is 11. The SMILES string of the molecule is CCCC[C@@H](CC)CNC1=CC(C(N)C(=O)NCCO)CCC1. The van der Waals surface area contributed by atoms with E-state index in [-0.39, 0.29) is 25.0 Å². The van der Waals surface area contributed by atoms with Gasteiger partial charge in [-0.15, -0.1) is 0 Å². The van der Waals surface area contributed by atoms with Crippen LogP contribution < -0.4 is 16.4 Å². The Morgan fingerprint density at radius 1 is 1.48 bits per heavy atom. The fourth-order valence-corrected chi connectivity index (χ4v) is 3.09. The average Bonchev–Trinajstić information content (AvgIpc) is 2.59. The number of hydrogen-bond acceptors (Lipinski definition) is 4. The molecule has 5 nitrogen and oxygen atoms in total. The average molecular weight is 325 g/mol. The van der Waals surface area contributed by atoms with Gasteiger partial charge >= 0.3 is 0 Å². The molecule has 0 aromatic heterocycles. The maximum absolute atomic E-state index is 11.9. The summed E-state index contributed by atoms with van der Waals surface area (Å²) in [6, 6.07) is -0.527. The van der Waals surface area contributed by atoms with Crippen molar-refractivity contribution in [1.82, 2.24) is 10.6 Å². The predicted molar refractivity (Wildman–Crippen MR) is 94.8 cm³/mol. The number of nitrogens with two attached hydrogens (primary N) is 1. The molecule has 5 N–H and O–H groups in total. The first-order valence-corrected chi connectivity index (χ1v) is 9.21. The van der Waals surface area contributed by atoms with Crippen molar-refractivity contribution in [3.8, 4) is 0 Å². The van der Waals surface area contributed by atoms with Crippen molar-refractivity contribution in [2.24, 2.45) is 17.6 Å². The summed E-state index contributed by atoms with van der Waals surface area (Å²) in [5.41, 5.74) is 7.31. The summed E-state index contributed by atoms with van der Waals surface area (Å²) in [6.45, 7) is 5.71. The van der Waals surface area contributed by atoms with Crippen LogP contribution in [0.1, 0.15) is 58.8 Å². The second-order valence-corrected chi connectivity index (χ2v) is 6.59. The minimum Gasteiger partial charge on any atom is -0.395 e. The van der Waals surface area contributed by atoms with E-state index in [0.717, 1.165) is 31.7 Å². The molecule has 3 atom stereocenters. The van der Waals surface area contributed by atoms with Gasteiger partial charge < -0.3 is 21.5 Å². The van der Waals surface area contributed by atoms with Crippen LogP contribution in [0.3, 0.4) is 0 Å². The zero-order chi connectivity index (χ0) is 17.1. The maximum atomic E-state index is 11.9. The molecule has 1 rings (SSSR count). The van der Waals surface area contributed by atoms with Gasteiger partial charge in [0, 0.05) is 24.7 Å². The van der Waals surface area contributed by atoms with Crippen molar-refractivity contribution in [1.29, 1.82) is 0 Å². The largest absolute Gasteiger partial charge is 0.395 e. The highest BCUT2D eigenvalue weighted by Gasteiger charge is 2.25. The first-order chi connectivity index (χ1) is 11.1. The van der Waals surface area contributed by atoms with Crippen LogP contribution in [0, 0.1) is 11.8 Å². The topological polar surface area (TPSA) is 87.4 Å². The van der Waals surface area contributed by atoms with E-state index in [9.17, 15) is 4.79 Å². The van der Waals surface area contributed by atoms with Gasteiger partial charge in [0.05, 0.1) is 12.6 Å². The maximum Gasteiger partial charge on any atom is 0.237 e. The molecule has 5 heteroatoms. The Morgan fingerprint density at radius 2 is 2.26 bits per heavy atom. The molecule has 2 unspecified atom stereocenters. The number of aliphatic hydroxyl groups excluding tert-OH is 1. The second kappa shape index (κ2) is 11.5. The molecule has 0 radical (unpaired) electrons. The summed E-state index contributed by atoms with van der Waals surface area (Å²) >= 11 is 0. The molecule has 0 saturated heterocycles. The van der Waals surface area contributed by atoms with Gasteiger partial charge in [-0.3, -0.25) is 4.79 Å². The highest BCUT2D eigenvalue weighted by atomic mass is 16.3. The van der Waals surface area contributed by atoms with Crippen molar-refractivity contribution >= 4 is 5.91 Å². The molecule has 0 fully saturated rings. The summed E-state index contributed by atoms with van der Waals surface area (Å²) in [5.74, 6) is 0.634. The van der Waals surface area contributed by atoms with Gasteiger partial charge in [0.2, 0.25) is 5.91 Å². The van der Waals surface area contributed by atoms with Gasteiger partial charge in [0.25, 0.3) is 0 Å². The predicted octanol–water partition coefficient (Wildman–Crippen LogP) is 1.91. The van der Waals surface area contributed by atoms with E-state index in [1.807, 2.05) is 0 Å². The Balaban J connectivity index is 2.49. The lowest BCUT2D eigenvalue weighted by Crippen LogP contribution is -2.46. The van der Waals surface area contributed by atoms with Gasteiger partial charge in [-0.05, 0) is 31.6 Å². The Labute approximate surface area is 141 Å². The fourth-order valence-electron chi connectivity index (χ4n) is 3.09. The molecular weight excluding hydrogens is 290 g/mol. The lowest BCUT2D eigenvalue weighted by Gasteiger charge is -2.27. The van der Waals surface area contributed by atoms with Crippen molar-refractivity contribution < 1.29 is 9.90 Å². The number of nitrogens with one attached hydrogen (secondary N) is 2. The number of hydrogen-bond donors (Lipinski definition) is 4. The second-order valence-electron chi connectivity index (χ2n) is 6.59. The number of carbonyl (C=O) groups excluding carboxylic acids is 1. The highest BCUT2D eigenvalue weighted by Crippen LogP contribution is 2.24. The number of aliphatic hydroxyl groups is 1. The minimum absolute atomic E-state index is 0.0536. The molecule has 1 amide bonds. The molecule has 0 heterocycles. The number of carbonyl (C=O) groups is 1. The number of amides is 1. The summed E-state index contributed by atoms with van der Waals surface area (Å²) in [6.07, 6.45) is 10.2. The van der Waals surface area contributed by atoms with E-state index in [1.165, 1.54) is 31.4 Å². The third kappa shape index (κ3) is 7.36. The fraction of sp³-hybridized carbons (Fsp3) is 0.833. The van der Waals surface area contributed by atoms with Crippen LogP contribution >= 0.6 is 0 Å². The number of allylic oxidation sites excluding steroid dienone is 1. The van der Waals surface area contributed by atoms with Crippen LogP contribution in [0.25, 0.3) is 0 Å². The molecule has 0 bridgehead atoms. The molecule has 0 aromatic rings. The van der Waals surface area contributed by atoms with Gasteiger partial charge in [0.1, 0.15) is 0 Å². The third-order valence-corrected chi connectivity index (χ3v) is 4.73. The molecule has 0 spiro atoms. The lowest BCUT2D eigenvalue weighted by molar-refractivity contribution is -0.123. The zero-order valence-electron chi connectivity index (χ0n) is 14.8. The van der Waals surface area contributed by atoms with Crippen LogP contribution in [-0.4, -0.2) is 36.8 Å². The first kappa shape index (κ1) is 20.0. The highest BCUT2D eigenvalue weighted by molar-refractivity contribution is 5.82. The Bertz CT molecular complexity index is 371. The molecule has 134 valence electrons. The monoisotopic (exact) mass is 325 g/mol. The van der Waals surface area contributed by atoms with Crippen molar-refractivity contribution in [2.75, 3.05) is 19.7 Å². The third-order valence-electron chi connectivity index (χ3n) is 4.73. The van der Waals surface area contributed by atoms with Crippen molar-refractivity contribution in [3.63, 3.8) is 0 Å². The van der Waals surface area contributed by atoms with E-state index in [0.29, 0.717) is 0 Å². The van der Waals surface area contributed by atoms with Crippen LogP contribution in [0.4, 0.5) is 0 Å². The van der Waals surface area contributed by atoms with E-state index in [2.05, 4.69) is 30.6 Å². The van der Waals surface area contributed by atoms with Crippen LogP contribution in [0.15, 0.2) is 11.8 Å². The van der Waals surface area contributed by atoms with E-state index in [1.54, 1.807) is 0 Å². The molecule has 0 aromatic carbocycles. The van der Waals surface area contributed by atoms with Crippen LogP contribution in [0.2, 0.25) is 0 Å². The smallest absolute Gasteiger partial charge is 0.237 e. The molecule has 1 aliphatic rings. The summed E-state index contributed by atoms with van der Waals surface area (Å²) in [4.78, 5) is 11.9. The summed E-state index contributed by atoms with van der Waals surface area (Å²) < 4.78 is 0. The first-order valence-electron chi connectivity index (χ1n) is 9.21. The van der Waals surface area contributed by atoms with Crippen LogP contribution in [-0.2, 0) is 4.79 Å². The quantitative estimate of drug-likeness (QED) is 0.467. The van der Waals surface area contributed by atoms with E-state index >= 15 is 0 Å².